The van der Waals surface area contributed by atoms with Crippen LogP contribution < -0.4 is 10.1 Å². The lowest BCUT2D eigenvalue weighted by atomic mass is 9.84. The van der Waals surface area contributed by atoms with Crippen molar-refractivity contribution in [3.05, 3.63) is 29.8 Å². The van der Waals surface area contributed by atoms with E-state index in [-0.39, 0.29) is 47.4 Å². The maximum atomic E-state index is 13.3. The number of Topliss-reactive ketones (excluding diaryl/α,β-unsaturated/α-hetero) is 1. The molecule has 5 atom stereocenters. The Morgan fingerprint density at radius 1 is 1.27 bits per heavy atom. The number of rotatable bonds is 7. The third-order valence-corrected chi connectivity index (χ3v) is 7.85. The maximum Gasteiger partial charge on any atom is 0.261 e. The SMILES string of the molecule is Cc1ccc(OCC(=O)N2C[C@H]3[C@@H]([C@H]2C(=O)N[C@H](C#N)C[C@@H]2CCCCC2=O)C3(C)C)cc1. The molecule has 0 aromatic heterocycles. The number of nitrogens with one attached hydrogen (secondary N) is 1. The summed E-state index contributed by atoms with van der Waals surface area (Å²) in [6.07, 6.45) is 3.55. The molecule has 2 amide bonds. The Labute approximate surface area is 195 Å². The van der Waals surface area contributed by atoms with Crippen LogP contribution in [-0.4, -0.2) is 47.7 Å². The molecule has 3 fully saturated rings. The molecule has 0 spiro atoms. The topological polar surface area (TPSA) is 99.5 Å². The van der Waals surface area contributed by atoms with Gasteiger partial charge in [-0.2, -0.15) is 5.26 Å². The van der Waals surface area contributed by atoms with E-state index in [0.717, 1.165) is 24.8 Å². The predicted molar refractivity (Wildman–Crippen MR) is 122 cm³/mol. The fourth-order valence-corrected chi connectivity index (χ4v) is 5.70. The number of ether oxygens (including phenoxy) is 1. The van der Waals surface area contributed by atoms with Crippen molar-refractivity contribution in [1.82, 2.24) is 10.2 Å². The molecule has 0 radical (unpaired) electrons. The van der Waals surface area contributed by atoms with Gasteiger partial charge in [-0.15, -0.1) is 0 Å². The summed E-state index contributed by atoms with van der Waals surface area (Å²) in [5.74, 6) is 0.430. The van der Waals surface area contributed by atoms with Crippen molar-refractivity contribution >= 4 is 17.6 Å². The second-order valence-electron chi connectivity index (χ2n) is 10.4. The minimum atomic E-state index is -0.730. The molecule has 7 nitrogen and oxygen atoms in total. The molecular weight excluding hydrogens is 418 g/mol. The summed E-state index contributed by atoms with van der Waals surface area (Å²) >= 11 is 0. The average Bonchev–Trinajstić information content (AvgIpc) is 3.12. The third kappa shape index (κ3) is 4.75. The fourth-order valence-electron chi connectivity index (χ4n) is 5.70. The molecule has 2 saturated carbocycles. The van der Waals surface area contributed by atoms with Crippen LogP contribution in [0.3, 0.4) is 0 Å². The fraction of sp³-hybridized carbons (Fsp3) is 0.615. The molecule has 0 unspecified atom stereocenters. The summed E-state index contributed by atoms with van der Waals surface area (Å²) in [5.41, 5.74) is 1.09. The number of hydrogen-bond donors (Lipinski definition) is 1. The van der Waals surface area contributed by atoms with E-state index in [0.29, 0.717) is 25.1 Å². The second kappa shape index (κ2) is 9.17. The van der Waals surface area contributed by atoms with E-state index in [2.05, 4.69) is 25.2 Å². The van der Waals surface area contributed by atoms with Gasteiger partial charge >= 0.3 is 0 Å². The largest absolute Gasteiger partial charge is 0.484 e. The quantitative estimate of drug-likeness (QED) is 0.687. The van der Waals surface area contributed by atoms with Crippen LogP contribution in [0.5, 0.6) is 5.75 Å². The van der Waals surface area contributed by atoms with E-state index in [9.17, 15) is 19.6 Å². The first-order valence-corrected chi connectivity index (χ1v) is 11.9. The Hall–Kier alpha value is -2.88. The number of nitriles is 1. The monoisotopic (exact) mass is 451 g/mol. The van der Waals surface area contributed by atoms with Crippen LogP contribution in [0.1, 0.15) is 51.5 Å². The standard InChI is InChI=1S/C26H33N3O4/c1-16-8-10-19(11-9-16)33-15-22(31)29-14-20-23(26(20,2)3)24(29)25(32)28-18(13-27)12-17-6-4-5-7-21(17)30/h8-11,17-18,20,23-24H,4-7,12,14-15H2,1-3H3,(H,28,32)/t17-,18-,20-,23-,24-/m0/s1. The van der Waals surface area contributed by atoms with Crippen LogP contribution in [0.4, 0.5) is 0 Å². The maximum absolute atomic E-state index is 13.3. The van der Waals surface area contributed by atoms with Crippen LogP contribution in [0, 0.1) is 41.4 Å². The minimum absolute atomic E-state index is 0.0158. The predicted octanol–water partition coefficient (Wildman–Crippen LogP) is 3.01. The Kier molecular flexibility index (Phi) is 6.47. The van der Waals surface area contributed by atoms with E-state index in [1.807, 2.05) is 31.2 Å². The van der Waals surface area contributed by atoms with Crippen LogP contribution >= 0.6 is 0 Å². The molecule has 1 aromatic carbocycles. The zero-order valence-electron chi connectivity index (χ0n) is 19.7. The Morgan fingerprint density at radius 3 is 2.67 bits per heavy atom. The van der Waals surface area contributed by atoms with Crippen molar-refractivity contribution in [2.75, 3.05) is 13.2 Å². The van der Waals surface area contributed by atoms with Crippen molar-refractivity contribution in [2.24, 2.45) is 23.2 Å². The molecule has 1 aromatic rings. The average molecular weight is 452 g/mol. The van der Waals surface area contributed by atoms with Crippen LogP contribution in [0.2, 0.25) is 0 Å². The molecule has 7 heteroatoms. The number of hydrogen-bond acceptors (Lipinski definition) is 5. The molecule has 33 heavy (non-hydrogen) atoms. The Bertz CT molecular complexity index is 965. The second-order valence-corrected chi connectivity index (χ2v) is 10.4. The van der Waals surface area contributed by atoms with Crippen LogP contribution in [0.15, 0.2) is 24.3 Å². The molecule has 1 heterocycles. The van der Waals surface area contributed by atoms with E-state index < -0.39 is 12.1 Å². The van der Waals surface area contributed by atoms with Gasteiger partial charge in [0.15, 0.2) is 6.61 Å². The van der Waals surface area contributed by atoms with Crippen LogP contribution in [-0.2, 0) is 14.4 Å². The lowest BCUT2D eigenvalue weighted by Crippen LogP contribution is -2.53. The van der Waals surface area contributed by atoms with Crippen LogP contribution in [0.25, 0.3) is 0 Å². The van der Waals surface area contributed by atoms with E-state index in [1.165, 1.54) is 0 Å². The summed E-state index contributed by atoms with van der Waals surface area (Å²) in [7, 11) is 0. The molecule has 1 aliphatic heterocycles. The zero-order chi connectivity index (χ0) is 23.8. The number of ketones is 1. The first-order valence-electron chi connectivity index (χ1n) is 11.9. The number of fused-ring (bicyclic) bond motifs is 1. The lowest BCUT2D eigenvalue weighted by Gasteiger charge is -2.31. The van der Waals surface area contributed by atoms with Gasteiger partial charge in [-0.3, -0.25) is 14.4 Å². The van der Waals surface area contributed by atoms with Gasteiger partial charge in [-0.25, -0.2) is 0 Å². The number of piperidine rings is 1. The van der Waals surface area contributed by atoms with Crippen molar-refractivity contribution in [1.29, 1.82) is 5.26 Å². The highest BCUT2D eigenvalue weighted by molar-refractivity contribution is 5.90. The van der Waals surface area contributed by atoms with Crippen molar-refractivity contribution < 1.29 is 19.1 Å². The van der Waals surface area contributed by atoms with Gasteiger partial charge in [0.05, 0.1) is 6.07 Å². The van der Waals surface area contributed by atoms with Crippen molar-refractivity contribution in [3.63, 3.8) is 0 Å². The van der Waals surface area contributed by atoms with Crippen molar-refractivity contribution in [3.8, 4) is 11.8 Å². The zero-order valence-corrected chi connectivity index (χ0v) is 19.7. The Morgan fingerprint density at radius 2 is 2.00 bits per heavy atom. The third-order valence-electron chi connectivity index (χ3n) is 7.85. The number of carbonyl (C=O) groups is 3. The van der Waals surface area contributed by atoms with Gasteiger partial charge in [0, 0.05) is 18.9 Å². The summed E-state index contributed by atoms with van der Waals surface area (Å²) in [4.78, 5) is 40.1. The molecule has 3 aliphatic rings. The van der Waals surface area contributed by atoms with Gasteiger partial charge in [0.1, 0.15) is 23.6 Å². The minimum Gasteiger partial charge on any atom is -0.484 e. The first-order chi connectivity index (χ1) is 15.7. The summed E-state index contributed by atoms with van der Waals surface area (Å²) in [6.45, 7) is 6.61. The van der Waals surface area contributed by atoms with Gasteiger partial charge < -0.3 is 15.0 Å². The molecule has 2 aliphatic carbocycles. The number of likely N-dealkylation sites (tertiary alicyclic amines) is 1. The van der Waals surface area contributed by atoms with E-state index in [1.54, 1.807) is 4.90 Å². The number of nitrogens with zero attached hydrogens (tertiary/aromatic N) is 2. The summed E-state index contributed by atoms with van der Waals surface area (Å²) in [6, 6.07) is 8.29. The normalized spacial score (nSPS) is 28.4. The number of benzene rings is 1. The van der Waals surface area contributed by atoms with E-state index >= 15 is 0 Å². The van der Waals surface area contributed by atoms with E-state index in [4.69, 9.17) is 4.74 Å². The highest BCUT2D eigenvalue weighted by Crippen LogP contribution is 2.64. The van der Waals surface area contributed by atoms with Gasteiger partial charge in [0.2, 0.25) is 5.91 Å². The summed E-state index contributed by atoms with van der Waals surface area (Å²) < 4.78 is 5.67. The summed E-state index contributed by atoms with van der Waals surface area (Å²) in [5, 5.41) is 12.5. The Balaban J connectivity index is 1.40. The molecule has 176 valence electrons. The molecule has 4 rings (SSSR count). The molecule has 1 saturated heterocycles. The number of carbonyl (C=O) groups excluding carboxylic acids is 3. The highest BCUT2D eigenvalue weighted by atomic mass is 16.5. The van der Waals surface area contributed by atoms with Gasteiger partial charge in [-0.1, -0.05) is 38.0 Å². The highest BCUT2D eigenvalue weighted by Gasteiger charge is 2.69. The number of amides is 2. The smallest absolute Gasteiger partial charge is 0.261 e. The van der Waals surface area contributed by atoms with Gasteiger partial charge in [-0.05, 0) is 55.6 Å². The lowest BCUT2D eigenvalue weighted by molar-refractivity contribution is -0.142. The van der Waals surface area contributed by atoms with Crippen molar-refractivity contribution in [2.45, 2.75) is 65.0 Å². The molecule has 1 N–H and O–H groups in total. The van der Waals surface area contributed by atoms with Gasteiger partial charge in [0.25, 0.3) is 5.91 Å². The molecular formula is C26H33N3O4. The molecule has 0 bridgehead atoms. The first kappa shape index (κ1) is 23.3. The number of aryl methyl sites for hydroxylation is 1.